The lowest BCUT2D eigenvalue weighted by Crippen LogP contribution is -2.47. The SMILES string of the molecule is Clc1ccc(N2CCN(c3ncnc(N4CCNCC4)n3)CC2)cc1. The third-order valence-electron chi connectivity index (χ3n) is 4.70. The van der Waals surface area contributed by atoms with E-state index in [-0.39, 0.29) is 0 Å². The summed E-state index contributed by atoms with van der Waals surface area (Å²) in [5.74, 6) is 1.56. The van der Waals surface area contributed by atoms with Gasteiger partial charge in [-0.25, -0.2) is 9.97 Å². The van der Waals surface area contributed by atoms with E-state index >= 15 is 0 Å². The summed E-state index contributed by atoms with van der Waals surface area (Å²) in [5, 5.41) is 4.12. The Morgan fingerprint density at radius 1 is 0.760 bits per heavy atom. The van der Waals surface area contributed by atoms with Gasteiger partial charge in [-0.1, -0.05) is 11.6 Å². The van der Waals surface area contributed by atoms with Crippen LogP contribution in [0.4, 0.5) is 17.6 Å². The number of hydrogen-bond acceptors (Lipinski definition) is 7. The van der Waals surface area contributed by atoms with E-state index in [1.54, 1.807) is 6.33 Å². The zero-order chi connectivity index (χ0) is 17.1. The second-order valence-electron chi connectivity index (χ2n) is 6.27. The van der Waals surface area contributed by atoms with E-state index in [0.29, 0.717) is 0 Å². The molecule has 4 rings (SSSR count). The van der Waals surface area contributed by atoms with Gasteiger partial charge in [0.15, 0.2) is 0 Å². The van der Waals surface area contributed by atoms with Crippen LogP contribution in [0.5, 0.6) is 0 Å². The molecule has 0 amide bonds. The quantitative estimate of drug-likeness (QED) is 0.885. The van der Waals surface area contributed by atoms with Crippen molar-refractivity contribution < 1.29 is 0 Å². The molecule has 0 bridgehead atoms. The summed E-state index contributed by atoms with van der Waals surface area (Å²) in [6, 6.07) is 8.02. The van der Waals surface area contributed by atoms with E-state index in [1.165, 1.54) is 5.69 Å². The monoisotopic (exact) mass is 359 g/mol. The molecule has 25 heavy (non-hydrogen) atoms. The molecule has 1 aromatic carbocycles. The second-order valence-corrected chi connectivity index (χ2v) is 6.71. The first-order valence-electron chi connectivity index (χ1n) is 8.70. The molecule has 0 atom stereocenters. The normalized spacial score (nSPS) is 18.5. The Hall–Kier alpha value is -2.12. The first-order chi connectivity index (χ1) is 12.3. The van der Waals surface area contributed by atoms with Crippen LogP contribution in [0.3, 0.4) is 0 Å². The highest BCUT2D eigenvalue weighted by molar-refractivity contribution is 6.30. The van der Waals surface area contributed by atoms with Gasteiger partial charge in [-0.05, 0) is 24.3 Å². The molecule has 8 heteroatoms. The van der Waals surface area contributed by atoms with Gasteiger partial charge in [0.2, 0.25) is 11.9 Å². The summed E-state index contributed by atoms with van der Waals surface area (Å²) in [6.07, 6.45) is 1.63. The molecule has 0 aliphatic carbocycles. The van der Waals surface area contributed by atoms with Gasteiger partial charge < -0.3 is 20.0 Å². The van der Waals surface area contributed by atoms with Crippen molar-refractivity contribution in [3.63, 3.8) is 0 Å². The molecule has 0 unspecified atom stereocenters. The summed E-state index contributed by atoms with van der Waals surface area (Å²) in [4.78, 5) is 20.3. The second kappa shape index (κ2) is 7.41. The predicted molar refractivity (Wildman–Crippen MR) is 101 cm³/mol. The van der Waals surface area contributed by atoms with E-state index in [2.05, 4.69) is 42.1 Å². The fourth-order valence-electron chi connectivity index (χ4n) is 3.27. The van der Waals surface area contributed by atoms with Crippen molar-refractivity contribution in [2.45, 2.75) is 0 Å². The maximum Gasteiger partial charge on any atom is 0.230 e. The molecular formula is C17H22ClN7. The van der Waals surface area contributed by atoms with Crippen LogP contribution in [0.2, 0.25) is 5.02 Å². The number of nitrogens with zero attached hydrogens (tertiary/aromatic N) is 6. The minimum Gasteiger partial charge on any atom is -0.368 e. The smallest absolute Gasteiger partial charge is 0.230 e. The number of benzene rings is 1. The van der Waals surface area contributed by atoms with E-state index in [9.17, 15) is 0 Å². The van der Waals surface area contributed by atoms with Crippen LogP contribution in [0.1, 0.15) is 0 Å². The Kier molecular flexibility index (Phi) is 4.85. The zero-order valence-corrected chi connectivity index (χ0v) is 14.9. The predicted octanol–water partition coefficient (Wildman–Crippen LogP) is 1.26. The summed E-state index contributed by atoms with van der Waals surface area (Å²) < 4.78 is 0. The highest BCUT2D eigenvalue weighted by atomic mass is 35.5. The summed E-state index contributed by atoms with van der Waals surface area (Å²) >= 11 is 5.98. The molecule has 1 N–H and O–H groups in total. The summed E-state index contributed by atoms with van der Waals surface area (Å²) in [5.41, 5.74) is 1.21. The van der Waals surface area contributed by atoms with Crippen molar-refractivity contribution >= 4 is 29.2 Å². The lowest BCUT2D eigenvalue weighted by Gasteiger charge is -2.36. The Balaban J connectivity index is 1.41. The van der Waals surface area contributed by atoms with E-state index in [0.717, 1.165) is 69.3 Å². The van der Waals surface area contributed by atoms with Gasteiger partial charge in [-0.15, -0.1) is 0 Å². The van der Waals surface area contributed by atoms with Crippen LogP contribution >= 0.6 is 11.6 Å². The molecule has 3 heterocycles. The first-order valence-corrected chi connectivity index (χ1v) is 9.07. The standard InChI is InChI=1S/C17H22ClN7/c18-14-1-3-15(4-2-14)23-9-11-25(12-10-23)17-21-13-20-16(22-17)24-7-5-19-6-8-24/h1-4,13,19H,5-12H2. The molecule has 2 fully saturated rings. The lowest BCUT2D eigenvalue weighted by atomic mass is 10.2. The van der Waals surface area contributed by atoms with Crippen LogP contribution in [-0.2, 0) is 0 Å². The van der Waals surface area contributed by atoms with Crippen molar-refractivity contribution in [3.05, 3.63) is 35.6 Å². The topological polar surface area (TPSA) is 60.4 Å². The highest BCUT2D eigenvalue weighted by Crippen LogP contribution is 2.21. The van der Waals surface area contributed by atoms with E-state index < -0.39 is 0 Å². The van der Waals surface area contributed by atoms with Gasteiger partial charge in [0.25, 0.3) is 0 Å². The third-order valence-corrected chi connectivity index (χ3v) is 4.95. The average Bonchev–Trinajstić information content (AvgIpc) is 2.70. The van der Waals surface area contributed by atoms with Gasteiger partial charge in [0.05, 0.1) is 0 Å². The van der Waals surface area contributed by atoms with Gasteiger partial charge in [0.1, 0.15) is 6.33 Å². The Morgan fingerprint density at radius 3 is 1.96 bits per heavy atom. The molecule has 0 saturated carbocycles. The number of nitrogens with one attached hydrogen (secondary N) is 1. The largest absolute Gasteiger partial charge is 0.368 e. The fraction of sp³-hybridized carbons (Fsp3) is 0.471. The van der Waals surface area contributed by atoms with Crippen molar-refractivity contribution in [1.29, 1.82) is 0 Å². The van der Waals surface area contributed by atoms with Gasteiger partial charge >= 0.3 is 0 Å². The summed E-state index contributed by atoms with van der Waals surface area (Å²) in [6.45, 7) is 7.50. The molecule has 2 aliphatic rings. The molecule has 2 aliphatic heterocycles. The Bertz CT molecular complexity index is 694. The van der Waals surface area contributed by atoms with Crippen LogP contribution in [0, 0.1) is 0 Å². The van der Waals surface area contributed by atoms with Crippen LogP contribution in [-0.4, -0.2) is 67.3 Å². The van der Waals surface area contributed by atoms with E-state index in [1.807, 2.05) is 12.1 Å². The van der Waals surface area contributed by atoms with Crippen molar-refractivity contribution in [2.75, 3.05) is 67.1 Å². The maximum absolute atomic E-state index is 5.98. The van der Waals surface area contributed by atoms with E-state index in [4.69, 9.17) is 16.6 Å². The van der Waals surface area contributed by atoms with Gasteiger partial charge in [-0.3, -0.25) is 0 Å². The number of rotatable bonds is 3. The zero-order valence-electron chi connectivity index (χ0n) is 14.1. The molecule has 2 saturated heterocycles. The number of anilines is 3. The van der Waals surface area contributed by atoms with Crippen LogP contribution in [0.25, 0.3) is 0 Å². The Labute approximate surface area is 152 Å². The van der Waals surface area contributed by atoms with Crippen LogP contribution < -0.4 is 20.0 Å². The highest BCUT2D eigenvalue weighted by Gasteiger charge is 2.21. The average molecular weight is 360 g/mol. The minimum absolute atomic E-state index is 0.771. The lowest BCUT2D eigenvalue weighted by molar-refractivity contribution is 0.576. The maximum atomic E-state index is 5.98. The molecule has 0 spiro atoms. The van der Waals surface area contributed by atoms with Crippen LogP contribution in [0.15, 0.2) is 30.6 Å². The minimum atomic E-state index is 0.771. The molecule has 7 nitrogen and oxygen atoms in total. The van der Waals surface area contributed by atoms with Gasteiger partial charge in [0, 0.05) is 63.1 Å². The molecule has 1 aromatic heterocycles. The number of aromatic nitrogens is 3. The van der Waals surface area contributed by atoms with Crippen molar-refractivity contribution in [1.82, 2.24) is 20.3 Å². The van der Waals surface area contributed by atoms with Crippen molar-refractivity contribution in [3.8, 4) is 0 Å². The molecule has 0 radical (unpaired) electrons. The van der Waals surface area contributed by atoms with Gasteiger partial charge in [-0.2, -0.15) is 4.98 Å². The molecular weight excluding hydrogens is 338 g/mol. The third kappa shape index (κ3) is 3.77. The van der Waals surface area contributed by atoms with Crippen molar-refractivity contribution in [2.24, 2.45) is 0 Å². The first kappa shape index (κ1) is 16.4. The fourth-order valence-corrected chi connectivity index (χ4v) is 3.39. The molecule has 2 aromatic rings. The number of halogens is 1. The Morgan fingerprint density at radius 2 is 1.32 bits per heavy atom. The summed E-state index contributed by atoms with van der Waals surface area (Å²) in [7, 11) is 0. The number of piperazine rings is 2. The number of hydrogen-bond donors (Lipinski definition) is 1. The molecule has 132 valence electrons.